The summed E-state index contributed by atoms with van der Waals surface area (Å²) >= 11 is 0. The number of amides is 1. The Morgan fingerprint density at radius 2 is 2.24 bits per heavy atom. The third-order valence-corrected chi connectivity index (χ3v) is 3.42. The van der Waals surface area contributed by atoms with Gasteiger partial charge in [0.15, 0.2) is 0 Å². The van der Waals surface area contributed by atoms with Crippen LogP contribution in [-0.4, -0.2) is 24.6 Å². The van der Waals surface area contributed by atoms with Gasteiger partial charge in [0.25, 0.3) is 0 Å². The standard InChI is InChI=1S/C16H24N2O2.ClH/c1-11(2)20-15-9-12(3)6-7-13(15)10-18-16(19)14-5-4-8-17-14;/h6-7,9,11,14,17H,4-5,8,10H2,1-3H3,(H,18,19);1H. The number of hydrogen-bond donors (Lipinski definition) is 2. The van der Waals surface area contributed by atoms with Gasteiger partial charge in [-0.05, 0) is 51.8 Å². The lowest BCUT2D eigenvalue weighted by atomic mass is 10.1. The van der Waals surface area contributed by atoms with Crippen molar-refractivity contribution in [3.8, 4) is 5.75 Å². The summed E-state index contributed by atoms with van der Waals surface area (Å²) in [6, 6.07) is 6.06. The first-order valence-corrected chi connectivity index (χ1v) is 7.33. The van der Waals surface area contributed by atoms with Crippen LogP contribution in [0.4, 0.5) is 0 Å². The van der Waals surface area contributed by atoms with Crippen LogP contribution in [0.2, 0.25) is 0 Å². The quantitative estimate of drug-likeness (QED) is 0.878. The van der Waals surface area contributed by atoms with E-state index in [1.807, 2.05) is 39.0 Å². The zero-order chi connectivity index (χ0) is 14.5. The van der Waals surface area contributed by atoms with Crippen molar-refractivity contribution in [2.24, 2.45) is 0 Å². The molecular formula is C16H25ClN2O2. The average Bonchev–Trinajstić information content (AvgIpc) is 2.90. The second kappa shape index (κ2) is 8.25. The smallest absolute Gasteiger partial charge is 0.237 e. The van der Waals surface area contributed by atoms with Crippen molar-refractivity contribution in [2.45, 2.75) is 52.3 Å². The summed E-state index contributed by atoms with van der Waals surface area (Å²) in [7, 11) is 0. The topological polar surface area (TPSA) is 50.4 Å². The number of ether oxygens (including phenoxy) is 1. The highest BCUT2D eigenvalue weighted by Crippen LogP contribution is 2.21. The van der Waals surface area contributed by atoms with Crippen molar-refractivity contribution in [1.29, 1.82) is 0 Å². The normalized spacial score (nSPS) is 17.4. The maximum atomic E-state index is 12.0. The first-order valence-electron chi connectivity index (χ1n) is 7.33. The Morgan fingerprint density at radius 1 is 1.48 bits per heavy atom. The second-order valence-electron chi connectivity index (χ2n) is 5.64. The monoisotopic (exact) mass is 312 g/mol. The third kappa shape index (κ3) is 5.21. The predicted octanol–water partition coefficient (Wildman–Crippen LogP) is 2.57. The van der Waals surface area contributed by atoms with Crippen LogP contribution in [0.3, 0.4) is 0 Å². The summed E-state index contributed by atoms with van der Waals surface area (Å²) in [5.74, 6) is 0.943. The molecule has 0 aromatic heterocycles. The molecule has 1 fully saturated rings. The maximum absolute atomic E-state index is 12.0. The van der Waals surface area contributed by atoms with Crippen LogP contribution >= 0.6 is 12.4 Å². The van der Waals surface area contributed by atoms with Crippen LogP contribution < -0.4 is 15.4 Å². The molecule has 2 rings (SSSR count). The molecule has 1 aliphatic heterocycles. The van der Waals surface area contributed by atoms with Gasteiger partial charge in [-0.2, -0.15) is 0 Å². The van der Waals surface area contributed by atoms with Gasteiger partial charge in [0.1, 0.15) is 5.75 Å². The summed E-state index contributed by atoms with van der Waals surface area (Å²) in [5, 5.41) is 6.20. The highest BCUT2D eigenvalue weighted by molar-refractivity contribution is 5.85. The van der Waals surface area contributed by atoms with E-state index in [-0.39, 0.29) is 30.5 Å². The van der Waals surface area contributed by atoms with Gasteiger partial charge in [-0.1, -0.05) is 12.1 Å². The molecule has 0 bridgehead atoms. The van der Waals surface area contributed by atoms with Gasteiger partial charge in [0.2, 0.25) is 5.91 Å². The van der Waals surface area contributed by atoms with E-state index in [1.54, 1.807) is 0 Å². The molecule has 5 heteroatoms. The van der Waals surface area contributed by atoms with Gasteiger partial charge in [0.05, 0.1) is 12.1 Å². The molecule has 4 nitrogen and oxygen atoms in total. The van der Waals surface area contributed by atoms with Gasteiger partial charge >= 0.3 is 0 Å². The van der Waals surface area contributed by atoms with E-state index in [9.17, 15) is 4.79 Å². The van der Waals surface area contributed by atoms with E-state index in [1.165, 1.54) is 0 Å². The average molecular weight is 313 g/mol. The lowest BCUT2D eigenvalue weighted by molar-refractivity contribution is -0.122. The molecule has 1 amide bonds. The van der Waals surface area contributed by atoms with Gasteiger partial charge < -0.3 is 15.4 Å². The van der Waals surface area contributed by atoms with E-state index < -0.39 is 0 Å². The Balaban J connectivity index is 0.00000220. The lowest BCUT2D eigenvalue weighted by Crippen LogP contribution is -2.40. The van der Waals surface area contributed by atoms with Crippen LogP contribution in [0.15, 0.2) is 18.2 Å². The van der Waals surface area contributed by atoms with Gasteiger partial charge in [-0.15, -0.1) is 12.4 Å². The van der Waals surface area contributed by atoms with Crippen LogP contribution in [0.5, 0.6) is 5.75 Å². The summed E-state index contributed by atoms with van der Waals surface area (Å²) in [6.45, 7) is 7.50. The molecule has 0 aliphatic carbocycles. The van der Waals surface area contributed by atoms with Crippen molar-refractivity contribution in [3.05, 3.63) is 29.3 Å². The van der Waals surface area contributed by atoms with Crippen LogP contribution in [-0.2, 0) is 11.3 Å². The Labute approximate surface area is 133 Å². The molecule has 0 saturated carbocycles. The highest BCUT2D eigenvalue weighted by Gasteiger charge is 2.21. The number of aryl methyl sites for hydroxylation is 1. The number of rotatable bonds is 5. The van der Waals surface area contributed by atoms with E-state index in [0.29, 0.717) is 6.54 Å². The first kappa shape index (κ1) is 17.8. The molecular weight excluding hydrogens is 288 g/mol. The molecule has 1 unspecified atom stereocenters. The van der Waals surface area contributed by atoms with Gasteiger partial charge in [-0.25, -0.2) is 0 Å². The summed E-state index contributed by atoms with van der Waals surface area (Å²) < 4.78 is 5.82. The van der Waals surface area contributed by atoms with Crippen molar-refractivity contribution in [2.75, 3.05) is 6.54 Å². The predicted molar refractivity (Wildman–Crippen MR) is 87.1 cm³/mol. The van der Waals surface area contributed by atoms with Crippen LogP contribution in [0, 0.1) is 6.92 Å². The number of hydrogen-bond acceptors (Lipinski definition) is 3. The number of nitrogens with one attached hydrogen (secondary N) is 2. The number of carbonyl (C=O) groups is 1. The molecule has 1 aromatic rings. The first-order chi connectivity index (χ1) is 9.56. The van der Waals surface area contributed by atoms with E-state index in [2.05, 4.69) is 10.6 Å². The molecule has 1 heterocycles. The largest absolute Gasteiger partial charge is 0.491 e. The molecule has 0 radical (unpaired) electrons. The van der Waals surface area contributed by atoms with Gasteiger partial charge in [-0.3, -0.25) is 4.79 Å². The highest BCUT2D eigenvalue weighted by atomic mass is 35.5. The molecule has 1 atom stereocenters. The van der Waals surface area contributed by atoms with E-state index in [0.717, 1.165) is 36.3 Å². The molecule has 0 spiro atoms. The lowest BCUT2D eigenvalue weighted by Gasteiger charge is -2.16. The Morgan fingerprint density at radius 3 is 2.86 bits per heavy atom. The molecule has 2 N–H and O–H groups in total. The van der Waals surface area contributed by atoms with Crippen molar-refractivity contribution in [3.63, 3.8) is 0 Å². The van der Waals surface area contributed by atoms with Crippen molar-refractivity contribution < 1.29 is 9.53 Å². The minimum Gasteiger partial charge on any atom is -0.491 e. The van der Waals surface area contributed by atoms with E-state index >= 15 is 0 Å². The zero-order valence-electron chi connectivity index (χ0n) is 12.9. The Kier molecular flexibility index (Phi) is 6.99. The Hall–Kier alpha value is -1.26. The number of carbonyl (C=O) groups excluding carboxylic acids is 1. The Bertz CT molecular complexity index is 471. The maximum Gasteiger partial charge on any atom is 0.237 e. The van der Waals surface area contributed by atoms with Crippen LogP contribution in [0.1, 0.15) is 37.8 Å². The summed E-state index contributed by atoms with van der Waals surface area (Å²) in [4.78, 5) is 12.0. The van der Waals surface area contributed by atoms with E-state index in [4.69, 9.17) is 4.74 Å². The molecule has 1 saturated heterocycles. The summed E-state index contributed by atoms with van der Waals surface area (Å²) in [5.41, 5.74) is 2.18. The summed E-state index contributed by atoms with van der Waals surface area (Å²) in [6.07, 6.45) is 2.13. The molecule has 21 heavy (non-hydrogen) atoms. The minimum atomic E-state index is -0.0325. The third-order valence-electron chi connectivity index (χ3n) is 3.42. The van der Waals surface area contributed by atoms with Gasteiger partial charge in [0, 0.05) is 12.1 Å². The number of benzene rings is 1. The fourth-order valence-corrected chi connectivity index (χ4v) is 2.39. The van der Waals surface area contributed by atoms with Crippen LogP contribution in [0.25, 0.3) is 0 Å². The second-order valence-corrected chi connectivity index (χ2v) is 5.64. The molecule has 1 aliphatic rings. The fraction of sp³-hybridized carbons (Fsp3) is 0.562. The van der Waals surface area contributed by atoms with Crippen molar-refractivity contribution in [1.82, 2.24) is 10.6 Å². The van der Waals surface area contributed by atoms with Crippen molar-refractivity contribution >= 4 is 18.3 Å². The zero-order valence-corrected chi connectivity index (χ0v) is 13.8. The SMILES string of the molecule is Cc1ccc(CNC(=O)C2CCCN2)c(OC(C)C)c1.Cl. The fourth-order valence-electron chi connectivity index (χ4n) is 2.39. The number of halogens is 1. The molecule has 1 aromatic carbocycles. The minimum absolute atomic E-state index is 0. The molecule has 118 valence electrons.